The van der Waals surface area contributed by atoms with Gasteiger partial charge in [-0.2, -0.15) is 0 Å². The van der Waals surface area contributed by atoms with Crippen LogP contribution in [0.4, 0.5) is 0 Å². The van der Waals surface area contributed by atoms with Crippen LogP contribution in [0.25, 0.3) is 0 Å². The molecule has 0 bridgehead atoms. The van der Waals surface area contributed by atoms with Crippen LogP contribution in [0.2, 0.25) is 0 Å². The SMILES string of the molecule is CN(C(=O)Cc1ccccc1)C(CCN1CCC2(CC1)CCN(Cc1ccc(Br)cc1)C2=O)c1ccccc1.Cl. The molecule has 2 aliphatic rings. The molecule has 3 aromatic carbocycles. The van der Waals surface area contributed by atoms with Crippen LogP contribution in [0, 0.1) is 5.41 Å². The predicted molar refractivity (Wildman–Crippen MR) is 166 cm³/mol. The van der Waals surface area contributed by atoms with Gasteiger partial charge in [-0.25, -0.2) is 0 Å². The lowest BCUT2D eigenvalue weighted by molar-refractivity contribution is -0.139. The molecule has 2 saturated heterocycles. The Kier molecular flexibility index (Phi) is 10.4. The summed E-state index contributed by atoms with van der Waals surface area (Å²) in [6, 6.07) is 28.6. The summed E-state index contributed by atoms with van der Waals surface area (Å²) in [4.78, 5) is 33.2. The molecule has 7 heteroatoms. The second-order valence-corrected chi connectivity index (χ2v) is 12.0. The highest BCUT2D eigenvalue weighted by atomic mass is 79.9. The molecule has 1 spiro atoms. The molecule has 3 aromatic rings. The molecule has 0 saturated carbocycles. The number of hydrogen-bond acceptors (Lipinski definition) is 3. The van der Waals surface area contributed by atoms with E-state index in [4.69, 9.17) is 0 Å². The van der Waals surface area contributed by atoms with E-state index in [0.29, 0.717) is 18.9 Å². The first-order valence-electron chi connectivity index (χ1n) is 14.0. The van der Waals surface area contributed by atoms with Crippen molar-refractivity contribution < 1.29 is 9.59 Å². The van der Waals surface area contributed by atoms with Crippen molar-refractivity contribution in [3.63, 3.8) is 0 Å². The first-order valence-corrected chi connectivity index (χ1v) is 14.8. The van der Waals surface area contributed by atoms with Crippen LogP contribution in [0.1, 0.15) is 48.4 Å². The molecule has 0 N–H and O–H groups in total. The minimum atomic E-state index is -0.201. The molecule has 40 heavy (non-hydrogen) atoms. The summed E-state index contributed by atoms with van der Waals surface area (Å²) >= 11 is 3.49. The standard InChI is InChI=1S/C33H38BrN3O2.ClH/c1-35(31(38)24-26-8-4-2-5-9-26)30(28-10-6-3-7-11-28)16-20-36-21-17-33(18-22-36)19-23-37(32(33)39)25-27-12-14-29(34)15-13-27;/h2-15,30H,16-25H2,1H3;1H. The van der Waals surface area contributed by atoms with E-state index in [1.54, 1.807) is 0 Å². The molecule has 2 amide bonds. The molecule has 1 atom stereocenters. The zero-order valence-electron chi connectivity index (χ0n) is 23.2. The van der Waals surface area contributed by atoms with Crippen molar-refractivity contribution in [1.82, 2.24) is 14.7 Å². The Morgan fingerprint density at radius 2 is 1.48 bits per heavy atom. The van der Waals surface area contributed by atoms with Crippen molar-refractivity contribution in [3.8, 4) is 0 Å². The predicted octanol–water partition coefficient (Wildman–Crippen LogP) is 6.52. The van der Waals surface area contributed by atoms with Gasteiger partial charge in [-0.15, -0.1) is 12.4 Å². The fourth-order valence-corrected chi connectivity index (χ4v) is 6.42. The molecule has 5 nitrogen and oxygen atoms in total. The second-order valence-electron chi connectivity index (χ2n) is 11.1. The largest absolute Gasteiger partial charge is 0.338 e. The normalized spacial score (nSPS) is 17.4. The van der Waals surface area contributed by atoms with Gasteiger partial charge in [-0.1, -0.05) is 88.7 Å². The van der Waals surface area contributed by atoms with E-state index in [0.717, 1.165) is 61.9 Å². The number of rotatable bonds is 9. The van der Waals surface area contributed by atoms with E-state index in [1.165, 1.54) is 11.1 Å². The number of benzene rings is 3. The van der Waals surface area contributed by atoms with E-state index >= 15 is 0 Å². The van der Waals surface area contributed by atoms with Gasteiger partial charge in [0.15, 0.2) is 0 Å². The molecule has 212 valence electrons. The number of likely N-dealkylation sites (tertiary alicyclic amines) is 2. The van der Waals surface area contributed by atoms with Crippen LogP contribution < -0.4 is 0 Å². The number of carbonyl (C=O) groups is 2. The lowest BCUT2D eigenvalue weighted by atomic mass is 9.77. The summed E-state index contributed by atoms with van der Waals surface area (Å²) in [6.07, 6.45) is 4.08. The third kappa shape index (κ3) is 7.15. The Bertz CT molecular complexity index is 1250. The lowest BCUT2D eigenvalue weighted by Gasteiger charge is -2.39. The van der Waals surface area contributed by atoms with Crippen LogP contribution in [0.3, 0.4) is 0 Å². The molecule has 2 fully saturated rings. The highest BCUT2D eigenvalue weighted by molar-refractivity contribution is 9.10. The zero-order chi connectivity index (χ0) is 27.2. The zero-order valence-corrected chi connectivity index (χ0v) is 25.6. The third-order valence-electron chi connectivity index (χ3n) is 8.66. The van der Waals surface area contributed by atoms with E-state index < -0.39 is 0 Å². The molecule has 5 rings (SSSR count). The first kappa shape index (κ1) is 30.3. The minimum absolute atomic E-state index is 0. The van der Waals surface area contributed by atoms with Gasteiger partial charge in [-0.3, -0.25) is 9.59 Å². The lowest BCUT2D eigenvalue weighted by Crippen LogP contribution is -2.45. The molecule has 2 aliphatic heterocycles. The number of carbonyl (C=O) groups excluding carboxylic acids is 2. The van der Waals surface area contributed by atoms with Gasteiger partial charge in [0.25, 0.3) is 0 Å². The smallest absolute Gasteiger partial charge is 0.229 e. The summed E-state index contributed by atoms with van der Waals surface area (Å²) in [7, 11) is 1.94. The molecule has 2 heterocycles. The molecule has 0 aliphatic carbocycles. The van der Waals surface area contributed by atoms with Gasteiger partial charge >= 0.3 is 0 Å². The van der Waals surface area contributed by atoms with Crippen molar-refractivity contribution in [2.45, 2.75) is 44.7 Å². The van der Waals surface area contributed by atoms with Crippen LogP contribution in [-0.2, 0) is 22.6 Å². The highest BCUT2D eigenvalue weighted by Crippen LogP contribution is 2.42. The van der Waals surface area contributed by atoms with E-state index in [1.807, 2.05) is 72.6 Å². The molecular weight excluding hydrogens is 586 g/mol. The number of piperidine rings is 1. The number of halogens is 2. The van der Waals surface area contributed by atoms with Crippen LogP contribution in [-0.4, -0.2) is 59.7 Å². The van der Waals surface area contributed by atoms with Crippen molar-refractivity contribution in [3.05, 3.63) is 106 Å². The average molecular weight is 625 g/mol. The monoisotopic (exact) mass is 623 g/mol. The molecule has 0 radical (unpaired) electrons. The van der Waals surface area contributed by atoms with Gasteiger partial charge in [0.05, 0.1) is 17.9 Å². The summed E-state index contributed by atoms with van der Waals surface area (Å²) < 4.78 is 1.06. The minimum Gasteiger partial charge on any atom is -0.338 e. The van der Waals surface area contributed by atoms with Crippen molar-refractivity contribution in [2.75, 3.05) is 33.2 Å². The summed E-state index contributed by atoms with van der Waals surface area (Å²) in [5, 5.41) is 0. The van der Waals surface area contributed by atoms with Crippen molar-refractivity contribution >= 4 is 40.2 Å². The number of amides is 2. The average Bonchev–Trinajstić information content (AvgIpc) is 3.26. The summed E-state index contributed by atoms with van der Waals surface area (Å²) in [6.45, 7) is 4.32. The van der Waals surface area contributed by atoms with E-state index in [9.17, 15) is 9.59 Å². The first-order chi connectivity index (χ1) is 18.9. The second kappa shape index (κ2) is 13.8. The highest BCUT2D eigenvalue weighted by Gasteiger charge is 2.47. The molecule has 0 aromatic heterocycles. The Morgan fingerprint density at radius 3 is 2.12 bits per heavy atom. The quantitative estimate of drug-likeness (QED) is 0.272. The maximum atomic E-state index is 13.5. The number of nitrogens with zero attached hydrogens (tertiary/aromatic N) is 3. The number of likely N-dealkylation sites (N-methyl/N-ethyl adjacent to an activating group) is 1. The van der Waals surface area contributed by atoms with E-state index in [-0.39, 0.29) is 29.8 Å². The van der Waals surface area contributed by atoms with Crippen LogP contribution in [0.5, 0.6) is 0 Å². The third-order valence-corrected chi connectivity index (χ3v) is 9.19. The van der Waals surface area contributed by atoms with Crippen LogP contribution in [0.15, 0.2) is 89.4 Å². The van der Waals surface area contributed by atoms with Gasteiger partial charge in [0.1, 0.15) is 0 Å². The topological polar surface area (TPSA) is 43.9 Å². The Labute approximate surface area is 253 Å². The molecule has 1 unspecified atom stereocenters. The molecular formula is C33H39BrClN3O2. The van der Waals surface area contributed by atoms with Crippen LogP contribution >= 0.6 is 28.3 Å². The van der Waals surface area contributed by atoms with Gasteiger partial charge in [0, 0.05) is 31.2 Å². The van der Waals surface area contributed by atoms with Gasteiger partial charge < -0.3 is 14.7 Å². The fourth-order valence-electron chi connectivity index (χ4n) is 6.16. The number of hydrogen-bond donors (Lipinski definition) is 0. The Hall–Kier alpha value is -2.67. The van der Waals surface area contributed by atoms with Crippen molar-refractivity contribution in [1.29, 1.82) is 0 Å². The van der Waals surface area contributed by atoms with Gasteiger partial charge in [-0.05, 0) is 67.6 Å². The van der Waals surface area contributed by atoms with E-state index in [2.05, 4.69) is 50.0 Å². The maximum absolute atomic E-state index is 13.5. The Morgan fingerprint density at radius 1 is 0.875 bits per heavy atom. The van der Waals surface area contributed by atoms with Crippen molar-refractivity contribution in [2.24, 2.45) is 5.41 Å². The summed E-state index contributed by atoms with van der Waals surface area (Å²) in [5.74, 6) is 0.466. The fraction of sp³-hybridized carbons (Fsp3) is 0.394. The Balaban J connectivity index is 0.00000370. The van der Waals surface area contributed by atoms with Gasteiger partial charge in [0.2, 0.25) is 11.8 Å². The summed E-state index contributed by atoms with van der Waals surface area (Å²) in [5.41, 5.74) is 3.19. The maximum Gasteiger partial charge on any atom is 0.229 e.